The molecule has 0 spiro atoms. The standard InChI is InChI=1S/C14H13BrFNO3S/c1-21(18,19)20-14(13-7-4-11(15)9-17-13)8-10-2-5-12(16)6-3-10/h2-7,9,14H,8H2,1H3. The van der Waals surface area contributed by atoms with Crippen LogP contribution < -0.4 is 0 Å². The van der Waals surface area contributed by atoms with E-state index < -0.39 is 16.2 Å². The predicted molar refractivity (Wildman–Crippen MR) is 80.7 cm³/mol. The summed E-state index contributed by atoms with van der Waals surface area (Å²) in [6.45, 7) is 0. The lowest BCUT2D eigenvalue weighted by molar-refractivity contribution is 0.211. The highest BCUT2D eigenvalue weighted by Gasteiger charge is 2.20. The average Bonchev–Trinajstić information content (AvgIpc) is 2.40. The molecule has 112 valence electrons. The third-order valence-electron chi connectivity index (χ3n) is 2.71. The van der Waals surface area contributed by atoms with Gasteiger partial charge < -0.3 is 0 Å². The first-order valence-electron chi connectivity index (χ1n) is 6.07. The number of nitrogens with zero attached hydrogens (tertiary/aromatic N) is 1. The fraction of sp³-hybridized carbons (Fsp3) is 0.214. The predicted octanol–water partition coefficient (Wildman–Crippen LogP) is 3.24. The van der Waals surface area contributed by atoms with Crippen LogP contribution in [0.25, 0.3) is 0 Å². The summed E-state index contributed by atoms with van der Waals surface area (Å²) in [5, 5.41) is 0. The zero-order valence-corrected chi connectivity index (χ0v) is 13.6. The molecule has 1 aromatic heterocycles. The second-order valence-electron chi connectivity index (χ2n) is 4.52. The van der Waals surface area contributed by atoms with Crippen LogP contribution in [0.2, 0.25) is 0 Å². The molecule has 2 aromatic rings. The minimum absolute atomic E-state index is 0.280. The van der Waals surface area contributed by atoms with Gasteiger partial charge in [-0.05, 0) is 45.8 Å². The molecular weight excluding hydrogens is 361 g/mol. The van der Waals surface area contributed by atoms with Gasteiger partial charge in [0, 0.05) is 17.1 Å². The quantitative estimate of drug-likeness (QED) is 0.754. The summed E-state index contributed by atoms with van der Waals surface area (Å²) in [6, 6.07) is 9.26. The van der Waals surface area contributed by atoms with Gasteiger partial charge in [-0.1, -0.05) is 12.1 Å². The van der Waals surface area contributed by atoms with Crippen LogP contribution in [0.15, 0.2) is 47.1 Å². The summed E-state index contributed by atoms with van der Waals surface area (Å²) >= 11 is 3.27. The second kappa shape index (κ2) is 6.64. The Balaban J connectivity index is 2.27. The molecule has 1 aromatic carbocycles. The summed E-state index contributed by atoms with van der Waals surface area (Å²) in [5.41, 5.74) is 1.25. The van der Waals surface area contributed by atoms with Crippen molar-refractivity contribution < 1.29 is 17.0 Å². The first-order valence-corrected chi connectivity index (χ1v) is 8.68. The number of pyridine rings is 1. The Morgan fingerprint density at radius 1 is 1.24 bits per heavy atom. The highest BCUT2D eigenvalue weighted by atomic mass is 79.9. The summed E-state index contributed by atoms with van der Waals surface area (Å²) in [7, 11) is -3.64. The van der Waals surface area contributed by atoms with Crippen molar-refractivity contribution in [3.8, 4) is 0 Å². The maximum absolute atomic E-state index is 12.9. The summed E-state index contributed by atoms with van der Waals surface area (Å²) in [5.74, 6) is -0.346. The van der Waals surface area contributed by atoms with Crippen molar-refractivity contribution in [2.75, 3.05) is 6.26 Å². The molecule has 0 aliphatic rings. The first-order chi connectivity index (χ1) is 9.83. The largest absolute Gasteiger partial charge is 0.265 e. The van der Waals surface area contributed by atoms with Crippen molar-refractivity contribution in [3.63, 3.8) is 0 Å². The third-order valence-corrected chi connectivity index (χ3v) is 3.76. The van der Waals surface area contributed by atoms with Gasteiger partial charge in [-0.2, -0.15) is 8.42 Å². The van der Waals surface area contributed by atoms with E-state index in [1.165, 1.54) is 12.1 Å². The Hall–Kier alpha value is -1.31. The van der Waals surface area contributed by atoms with Crippen molar-refractivity contribution in [1.29, 1.82) is 0 Å². The minimum Gasteiger partial charge on any atom is -0.260 e. The van der Waals surface area contributed by atoms with Gasteiger partial charge in [-0.3, -0.25) is 9.17 Å². The van der Waals surface area contributed by atoms with Crippen molar-refractivity contribution in [2.24, 2.45) is 0 Å². The molecule has 1 atom stereocenters. The van der Waals surface area contributed by atoms with Gasteiger partial charge in [0.1, 0.15) is 11.9 Å². The molecule has 0 N–H and O–H groups in total. The van der Waals surface area contributed by atoms with E-state index in [-0.39, 0.29) is 12.2 Å². The van der Waals surface area contributed by atoms with E-state index in [9.17, 15) is 12.8 Å². The maximum atomic E-state index is 12.9. The van der Waals surface area contributed by atoms with Crippen molar-refractivity contribution in [1.82, 2.24) is 4.98 Å². The van der Waals surface area contributed by atoms with Crippen LogP contribution in [0.3, 0.4) is 0 Å². The Kier molecular flexibility index (Phi) is 5.08. The number of aromatic nitrogens is 1. The Morgan fingerprint density at radius 3 is 2.43 bits per heavy atom. The van der Waals surface area contributed by atoms with Crippen molar-refractivity contribution >= 4 is 26.0 Å². The van der Waals surface area contributed by atoms with E-state index in [4.69, 9.17) is 4.18 Å². The van der Waals surface area contributed by atoms with E-state index in [1.807, 2.05) is 0 Å². The van der Waals surface area contributed by atoms with Gasteiger partial charge in [0.25, 0.3) is 10.1 Å². The zero-order chi connectivity index (χ0) is 15.5. The molecule has 0 saturated carbocycles. The Bertz CT molecular complexity index is 702. The smallest absolute Gasteiger partial charge is 0.260 e. The summed E-state index contributed by atoms with van der Waals surface area (Å²) in [6.07, 6.45) is 2.09. The zero-order valence-electron chi connectivity index (χ0n) is 11.2. The molecular formula is C14H13BrFNO3S. The summed E-state index contributed by atoms with van der Waals surface area (Å²) < 4.78 is 41.6. The monoisotopic (exact) mass is 373 g/mol. The van der Waals surface area contributed by atoms with Crippen molar-refractivity contribution in [2.45, 2.75) is 12.5 Å². The van der Waals surface area contributed by atoms with Crippen LogP contribution in [0, 0.1) is 5.82 Å². The first kappa shape index (κ1) is 16.1. The van der Waals surface area contributed by atoms with Gasteiger partial charge in [0.15, 0.2) is 0 Å². The Labute approximate surface area is 131 Å². The molecule has 0 bridgehead atoms. The van der Waals surface area contributed by atoms with Gasteiger partial charge in [0.2, 0.25) is 0 Å². The van der Waals surface area contributed by atoms with Crippen LogP contribution in [0.4, 0.5) is 4.39 Å². The lowest BCUT2D eigenvalue weighted by Gasteiger charge is -2.16. The lowest BCUT2D eigenvalue weighted by Crippen LogP contribution is -2.14. The molecule has 0 amide bonds. The number of hydrogen-bond donors (Lipinski definition) is 0. The van der Waals surface area contributed by atoms with Crippen LogP contribution >= 0.6 is 15.9 Å². The number of hydrogen-bond acceptors (Lipinski definition) is 4. The number of benzene rings is 1. The van der Waals surface area contributed by atoms with Crippen molar-refractivity contribution in [3.05, 3.63) is 64.1 Å². The molecule has 1 heterocycles. The van der Waals surface area contributed by atoms with E-state index in [2.05, 4.69) is 20.9 Å². The SMILES string of the molecule is CS(=O)(=O)OC(Cc1ccc(F)cc1)c1ccc(Br)cn1. The van der Waals surface area contributed by atoms with E-state index >= 15 is 0 Å². The van der Waals surface area contributed by atoms with E-state index in [0.717, 1.165) is 16.3 Å². The van der Waals surface area contributed by atoms with Crippen LogP contribution in [0.1, 0.15) is 17.4 Å². The molecule has 0 saturated heterocycles. The molecule has 4 nitrogen and oxygen atoms in total. The number of halogens is 2. The topological polar surface area (TPSA) is 56.3 Å². The molecule has 0 aliphatic carbocycles. The molecule has 0 fully saturated rings. The minimum atomic E-state index is -3.64. The molecule has 0 aliphatic heterocycles. The van der Waals surface area contributed by atoms with Crippen LogP contribution in [0.5, 0.6) is 0 Å². The van der Waals surface area contributed by atoms with Crippen LogP contribution in [-0.4, -0.2) is 19.7 Å². The molecule has 0 radical (unpaired) electrons. The third kappa shape index (κ3) is 5.18. The molecule has 21 heavy (non-hydrogen) atoms. The van der Waals surface area contributed by atoms with Gasteiger partial charge in [-0.25, -0.2) is 4.39 Å². The molecule has 1 unspecified atom stereocenters. The number of rotatable bonds is 5. The van der Waals surface area contributed by atoms with Crippen LogP contribution in [-0.2, 0) is 20.7 Å². The molecule has 2 rings (SSSR count). The normalized spacial score (nSPS) is 13.1. The van der Waals surface area contributed by atoms with Gasteiger partial charge in [-0.15, -0.1) is 0 Å². The van der Waals surface area contributed by atoms with E-state index in [0.29, 0.717) is 5.69 Å². The van der Waals surface area contributed by atoms with E-state index in [1.54, 1.807) is 30.5 Å². The highest BCUT2D eigenvalue weighted by molar-refractivity contribution is 9.10. The van der Waals surface area contributed by atoms with Gasteiger partial charge in [0.05, 0.1) is 11.9 Å². The highest BCUT2D eigenvalue weighted by Crippen LogP contribution is 2.23. The average molecular weight is 374 g/mol. The Morgan fingerprint density at radius 2 is 1.90 bits per heavy atom. The lowest BCUT2D eigenvalue weighted by atomic mass is 10.1. The summed E-state index contributed by atoms with van der Waals surface area (Å²) in [4.78, 5) is 4.17. The fourth-order valence-electron chi connectivity index (χ4n) is 1.81. The second-order valence-corrected chi connectivity index (χ2v) is 7.04. The molecule has 7 heteroatoms. The maximum Gasteiger partial charge on any atom is 0.265 e. The fourth-order valence-corrected chi connectivity index (χ4v) is 2.63. The van der Waals surface area contributed by atoms with Gasteiger partial charge >= 0.3 is 0 Å².